The summed E-state index contributed by atoms with van der Waals surface area (Å²) < 4.78 is 0. The average Bonchev–Trinajstić information content (AvgIpc) is 2.86. The highest BCUT2D eigenvalue weighted by atomic mass is 32.1. The van der Waals surface area contributed by atoms with Gasteiger partial charge in [-0.2, -0.15) is 5.26 Å². The van der Waals surface area contributed by atoms with Crippen molar-refractivity contribution in [2.24, 2.45) is 5.84 Å². The van der Waals surface area contributed by atoms with Crippen molar-refractivity contribution in [3.05, 3.63) is 34.7 Å². The molecule has 86 valence electrons. The molecule has 0 saturated carbocycles. The number of anilines is 1. The van der Waals surface area contributed by atoms with E-state index in [4.69, 9.17) is 11.1 Å². The van der Waals surface area contributed by atoms with Crippen molar-refractivity contribution in [3.8, 4) is 16.6 Å². The Labute approximate surface area is 104 Å². The second-order valence-electron chi connectivity index (χ2n) is 3.47. The van der Waals surface area contributed by atoms with Crippen molar-refractivity contribution < 1.29 is 0 Å². The van der Waals surface area contributed by atoms with Gasteiger partial charge in [0, 0.05) is 4.88 Å². The van der Waals surface area contributed by atoms with Gasteiger partial charge in [-0.05, 0) is 30.7 Å². The van der Waals surface area contributed by atoms with Crippen LogP contribution in [0.1, 0.15) is 17.4 Å². The Bertz CT molecular complexity index is 568. The fraction of sp³-hybridized carbons (Fsp3) is 0.167. The zero-order valence-corrected chi connectivity index (χ0v) is 10.2. The van der Waals surface area contributed by atoms with E-state index >= 15 is 0 Å². The fourth-order valence-corrected chi connectivity index (χ4v) is 2.42. The number of aryl methyl sites for hydroxylation is 1. The van der Waals surface area contributed by atoms with E-state index in [2.05, 4.69) is 23.4 Å². The number of hydrazine groups is 1. The monoisotopic (exact) mass is 244 g/mol. The summed E-state index contributed by atoms with van der Waals surface area (Å²) in [6.45, 7) is 2.12. The molecule has 0 aliphatic rings. The van der Waals surface area contributed by atoms with E-state index in [1.807, 2.05) is 18.2 Å². The van der Waals surface area contributed by atoms with Crippen LogP contribution in [0.5, 0.6) is 0 Å². The Morgan fingerprint density at radius 3 is 2.82 bits per heavy atom. The molecule has 3 N–H and O–H groups in total. The summed E-state index contributed by atoms with van der Waals surface area (Å²) in [6.07, 6.45) is 1.02. The number of aromatic nitrogens is 1. The summed E-state index contributed by atoms with van der Waals surface area (Å²) in [5.74, 6) is 5.76. The molecular formula is C12H12N4S. The summed E-state index contributed by atoms with van der Waals surface area (Å²) in [6, 6.07) is 9.74. The molecule has 4 nitrogen and oxygen atoms in total. The minimum atomic E-state index is 0.413. The second-order valence-corrected chi connectivity index (χ2v) is 4.64. The van der Waals surface area contributed by atoms with Gasteiger partial charge >= 0.3 is 0 Å². The number of nitriles is 1. The maximum atomic E-state index is 8.87. The van der Waals surface area contributed by atoms with E-state index < -0.39 is 0 Å². The first kappa shape index (κ1) is 11.6. The summed E-state index contributed by atoms with van der Waals surface area (Å²) in [7, 11) is 0. The minimum absolute atomic E-state index is 0.413. The smallest absolute Gasteiger partial charge is 0.158 e. The number of hydrogen-bond acceptors (Lipinski definition) is 5. The van der Waals surface area contributed by atoms with Gasteiger partial charge in [0.2, 0.25) is 0 Å². The third-order valence-corrected chi connectivity index (χ3v) is 3.67. The number of nitrogen functional groups attached to an aromatic ring is 1. The zero-order chi connectivity index (χ0) is 12.3. The summed E-state index contributed by atoms with van der Waals surface area (Å²) in [5.41, 5.74) is 3.73. The van der Waals surface area contributed by atoms with Gasteiger partial charge in [0.05, 0.1) is 16.1 Å². The Morgan fingerprint density at radius 2 is 2.24 bits per heavy atom. The van der Waals surface area contributed by atoms with E-state index in [1.54, 1.807) is 17.4 Å². The highest BCUT2D eigenvalue weighted by Gasteiger charge is 2.07. The van der Waals surface area contributed by atoms with Crippen LogP contribution in [0.4, 0.5) is 5.82 Å². The van der Waals surface area contributed by atoms with Crippen LogP contribution in [-0.2, 0) is 6.42 Å². The molecule has 0 radical (unpaired) electrons. The van der Waals surface area contributed by atoms with Crippen LogP contribution in [0, 0.1) is 11.3 Å². The van der Waals surface area contributed by atoms with Crippen molar-refractivity contribution in [2.45, 2.75) is 13.3 Å². The highest BCUT2D eigenvalue weighted by Crippen LogP contribution is 2.28. The molecule has 0 fully saturated rings. The summed E-state index contributed by atoms with van der Waals surface area (Å²) in [4.78, 5) is 6.73. The third kappa shape index (κ3) is 2.28. The first-order chi connectivity index (χ1) is 8.28. The largest absolute Gasteiger partial charge is 0.307 e. The Hall–Kier alpha value is -1.90. The standard InChI is InChI=1S/C12H12N4S/c1-2-9-4-6-11(17-9)10-5-3-8(7-13)12(15-10)16-14/h3-6H,2,14H2,1H3,(H,15,16). The normalized spacial score (nSPS) is 9.94. The predicted octanol–water partition coefficient (Wildman–Crippen LogP) is 2.53. The molecule has 0 unspecified atom stereocenters. The van der Waals surface area contributed by atoms with Crippen molar-refractivity contribution in [2.75, 3.05) is 5.43 Å². The van der Waals surface area contributed by atoms with Crippen LogP contribution < -0.4 is 11.3 Å². The molecule has 0 aliphatic carbocycles. The minimum Gasteiger partial charge on any atom is -0.307 e. The van der Waals surface area contributed by atoms with E-state index in [1.165, 1.54) is 4.88 Å². The van der Waals surface area contributed by atoms with E-state index in [0.717, 1.165) is 17.0 Å². The van der Waals surface area contributed by atoms with Gasteiger partial charge in [0.15, 0.2) is 5.82 Å². The Morgan fingerprint density at radius 1 is 1.41 bits per heavy atom. The lowest BCUT2D eigenvalue weighted by Crippen LogP contribution is -2.10. The van der Waals surface area contributed by atoms with Crippen molar-refractivity contribution in [3.63, 3.8) is 0 Å². The highest BCUT2D eigenvalue weighted by molar-refractivity contribution is 7.15. The number of rotatable bonds is 3. The second kappa shape index (κ2) is 4.95. The zero-order valence-electron chi connectivity index (χ0n) is 9.40. The van der Waals surface area contributed by atoms with E-state index in [9.17, 15) is 0 Å². The molecule has 2 rings (SSSR count). The number of thiophene rings is 1. The molecule has 2 aromatic rings. The Balaban J connectivity index is 2.43. The third-order valence-electron chi connectivity index (χ3n) is 2.41. The molecule has 2 heterocycles. The van der Waals surface area contributed by atoms with Crippen molar-refractivity contribution >= 4 is 17.2 Å². The molecule has 0 bridgehead atoms. The van der Waals surface area contributed by atoms with E-state index in [0.29, 0.717) is 11.4 Å². The summed E-state index contributed by atoms with van der Waals surface area (Å²) in [5, 5.41) is 8.87. The van der Waals surface area contributed by atoms with Gasteiger partial charge in [-0.25, -0.2) is 10.8 Å². The van der Waals surface area contributed by atoms with Gasteiger partial charge in [0.25, 0.3) is 0 Å². The van der Waals surface area contributed by atoms with Gasteiger partial charge in [-0.3, -0.25) is 0 Å². The average molecular weight is 244 g/mol. The van der Waals surface area contributed by atoms with Crippen LogP contribution in [-0.4, -0.2) is 4.98 Å². The lowest BCUT2D eigenvalue weighted by Gasteiger charge is -2.03. The number of nitrogens with one attached hydrogen (secondary N) is 1. The van der Waals surface area contributed by atoms with Crippen molar-refractivity contribution in [1.82, 2.24) is 4.98 Å². The number of hydrogen-bond donors (Lipinski definition) is 2. The molecule has 5 heteroatoms. The molecule has 17 heavy (non-hydrogen) atoms. The van der Waals surface area contributed by atoms with Crippen LogP contribution in [0.25, 0.3) is 10.6 Å². The van der Waals surface area contributed by atoms with Gasteiger partial charge in [0.1, 0.15) is 6.07 Å². The Kier molecular flexibility index (Phi) is 3.38. The SMILES string of the molecule is CCc1ccc(-c2ccc(C#N)c(NN)n2)s1. The number of nitrogens with zero attached hydrogens (tertiary/aromatic N) is 2. The molecule has 0 aliphatic heterocycles. The summed E-state index contributed by atoms with van der Waals surface area (Å²) >= 11 is 1.70. The van der Waals surface area contributed by atoms with Crippen LogP contribution in [0.15, 0.2) is 24.3 Å². The number of nitrogens with two attached hydrogens (primary N) is 1. The van der Waals surface area contributed by atoms with Crippen LogP contribution in [0.3, 0.4) is 0 Å². The maximum Gasteiger partial charge on any atom is 0.158 e. The fourth-order valence-electron chi connectivity index (χ4n) is 1.50. The van der Waals surface area contributed by atoms with Crippen LogP contribution in [0.2, 0.25) is 0 Å². The first-order valence-corrected chi connectivity index (χ1v) is 6.07. The molecule has 0 saturated heterocycles. The molecule has 2 aromatic heterocycles. The topological polar surface area (TPSA) is 74.7 Å². The van der Waals surface area contributed by atoms with Gasteiger partial charge < -0.3 is 5.43 Å². The van der Waals surface area contributed by atoms with Gasteiger partial charge in [-0.1, -0.05) is 6.92 Å². The van der Waals surface area contributed by atoms with E-state index in [-0.39, 0.29) is 0 Å². The first-order valence-electron chi connectivity index (χ1n) is 5.25. The molecule has 0 atom stereocenters. The predicted molar refractivity (Wildman–Crippen MR) is 69.5 cm³/mol. The lowest BCUT2D eigenvalue weighted by molar-refractivity contribution is 1.19. The molecular weight excluding hydrogens is 232 g/mol. The van der Waals surface area contributed by atoms with Crippen LogP contribution >= 0.6 is 11.3 Å². The quantitative estimate of drug-likeness (QED) is 0.642. The lowest BCUT2D eigenvalue weighted by atomic mass is 10.2. The molecule has 0 amide bonds. The van der Waals surface area contributed by atoms with Gasteiger partial charge in [-0.15, -0.1) is 11.3 Å². The number of pyridine rings is 1. The molecule has 0 spiro atoms. The molecule has 0 aromatic carbocycles. The maximum absolute atomic E-state index is 8.87. The van der Waals surface area contributed by atoms with Crippen molar-refractivity contribution in [1.29, 1.82) is 5.26 Å².